The predicted molar refractivity (Wildman–Crippen MR) is 104 cm³/mol. The van der Waals surface area contributed by atoms with Crippen molar-refractivity contribution in [1.29, 1.82) is 0 Å². The highest BCUT2D eigenvalue weighted by molar-refractivity contribution is 14.0. The van der Waals surface area contributed by atoms with Crippen molar-refractivity contribution < 1.29 is 0 Å². The molecule has 1 aliphatic heterocycles. The Hall–Kier alpha value is -1.06. The normalized spacial score (nSPS) is 14.1. The van der Waals surface area contributed by atoms with Crippen molar-refractivity contribution in [2.75, 3.05) is 19.6 Å². The topological polar surface area (TPSA) is 76.2 Å². The molecule has 0 unspecified atom stereocenters. The van der Waals surface area contributed by atoms with E-state index in [1.165, 1.54) is 0 Å². The second kappa shape index (κ2) is 10.7. The maximum atomic E-state index is 12.2. The standard InChI is InChI=1S/C15H28N6O.HI/c1-3-9-17-14(16-4-2)18-10-7-12-21-15(22)20-11-6-5-8-13(20)19-21;/h3-12H2,1-2H3,(H2,16,17,18);1H. The molecular formula is C15H29IN6O. The molecule has 0 saturated heterocycles. The van der Waals surface area contributed by atoms with Crippen molar-refractivity contribution in [3.8, 4) is 0 Å². The van der Waals surface area contributed by atoms with Gasteiger partial charge in [0.1, 0.15) is 5.82 Å². The van der Waals surface area contributed by atoms with Gasteiger partial charge in [0.2, 0.25) is 0 Å². The van der Waals surface area contributed by atoms with Gasteiger partial charge in [0.15, 0.2) is 5.96 Å². The molecule has 23 heavy (non-hydrogen) atoms. The van der Waals surface area contributed by atoms with Gasteiger partial charge in [-0.1, -0.05) is 6.92 Å². The van der Waals surface area contributed by atoms with E-state index in [9.17, 15) is 4.79 Å². The lowest BCUT2D eigenvalue weighted by Crippen LogP contribution is -2.38. The molecule has 1 aromatic heterocycles. The smallest absolute Gasteiger partial charge is 0.345 e. The van der Waals surface area contributed by atoms with Crippen molar-refractivity contribution in [2.24, 2.45) is 4.99 Å². The van der Waals surface area contributed by atoms with Crippen LogP contribution in [-0.4, -0.2) is 39.9 Å². The summed E-state index contributed by atoms with van der Waals surface area (Å²) in [6.45, 7) is 8.09. The molecule has 0 radical (unpaired) electrons. The van der Waals surface area contributed by atoms with Gasteiger partial charge in [0.25, 0.3) is 0 Å². The minimum absolute atomic E-state index is 0. The first-order chi connectivity index (χ1) is 10.8. The van der Waals surface area contributed by atoms with Crippen molar-refractivity contribution in [1.82, 2.24) is 25.0 Å². The highest BCUT2D eigenvalue weighted by Crippen LogP contribution is 2.09. The molecule has 0 aromatic carbocycles. The Morgan fingerprint density at radius 2 is 2.13 bits per heavy atom. The van der Waals surface area contributed by atoms with E-state index in [4.69, 9.17) is 0 Å². The van der Waals surface area contributed by atoms with E-state index in [0.29, 0.717) is 6.54 Å². The molecule has 2 N–H and O–H groups in total. The third-order valence-corrected chi connectivity index (χ3v) is 3.71. The Morgan fingerprint density at radius 3 is 2.83 bits per heavy atom. The molecule has 0 saturated carbocycles. The summed E-state index contributed by atoms with van der Waals surface area (Å²) in [5.41, 5.74) is 0.0428. The highest BCUT2D eigenvalue weighted by Gasteiger charge is 2.16. The summed E-state index contributed by atoms with van der Waals surface area (Å²) in [6, 6.07) is 0. The van der Waals surface area contributed by atoms with Crippen molar-refractivity contribution in [3.05, 3.63) is 16.3 Å². The van der Waals surface area contributed by atoms with Gasteiger partial charge in [-0.05, 0) is 32.6 Å². The first-order valence-electron chi connectivity index (χ1n) is 8.45. The number of aliphatic imine (C=N–C) groups is 1. The molecule has 1 aromatic rings. The fourth-order valence-electron chi connectivity index (χ4n) is 2.60. The Morgan fingerprint density at radius 1 is 1.30 bits per heavy atom. The Labute approximate surface area is 155 Å². The van der Waals surface area contributed by atoms with Crippen LogP contribution in [0.25, 0.3) is 0 Å². The summed E-state index contributed by atoms with van der Waals surface area (Å²) in [7, 11) is 0. The number of aromatic nitrogens is 3. The van der Waals surface area contributed by atoms with Crippen molar-refractivity contribution >= 4 is 29.9 Å². The predicted octanol–water partition coefficient (Wildman–Crippen LogP) is 1.35. The van der Waals surface area contributed by atoms with Gasteiger partial charge in [-0.15, -0.1) is 24.0 Å². The highest BCUT2D eigenvalue weighted by atomic mass is 127. The summed E-state index contributed by atoms with van der Waals surface area (Å²) in [5.74, 6) is 1.79. The summed E-state index contributed by atoms with van der Waals surface area (Å²) in [6.07, 6.45) is 5.03. The fraction of sp³-hybridized carbons (Fsp3) is 0.800. The van der Waals surface area contributed by atoms with Crippen LogP contribution < -0.4 is 16.3 Å². The van der Waals surface area contributed by atoms with Crippen LogP contribution in [0, 0.1) is 0 Å². The van der Waals surface area contributed by atoms with Crippen LogP contribution in [0.5, 0.6) is 0 Å². The molecule has 0 spiro atoms. The van der Waals surface area contributed by atoms with E-state index in [1.54, 1.807) is 4.68 Å². The van der Waals surface area contributed by atoms with Crippen LogP contribution >= 0.6 is 24.0 Å². The van der Waals surface area contributed by atoms with Crippen LogP contribution in [-0.2, 0) is 19.5 Å². The van der Waals surface area contributed by atoms with Crippen LogP contribution in [0.3, 0.4) is 0 Å². The zero-order chi connectivity index (χ0) is 15.8. The van der Waals surface area contributed by atoms with Gasteiger partial charge >= 0.3 is 5.69 Å². The number of fused-ring (bicyclic) bond motifs is 1. The third-order valence-electron chi connectivity index (χ3n) is 3.71. The molecule has 132 valence electrons. The molecule has 0 atom stereocenters. The van der Waals surface area contributed by atoms with Gasteiger partial charge in [-0.3, -0.25) is 9.56 Å². The van der Waals surface area contributed by atoms with E-state index in [0.717, 1.165) is 70.1 Å². The largest absolute Gasteiger partial charge is 0.357 e. The second-order valence-electron chi connectivity index (χ2n) is 5.57. The third kappa shape index (κ3) is 5.82. The SMILES string of the molecule is CCCN=C(NCC)NCCCn1nc2n(c1=O)CCCC2.I. The lowest BCUT2D eigenvalue weighted by molar-refractivity contribution is 0.509. The molecule has 1 aliphatic rings. The lowest BCUT2D eigenvalue weighted by atomic mass is 10.2. The second-order valence-corrected chi connectivity index (χ2v) is 5.57. The van der Waals surface area contributed by atoms with Crippen LogP contribution in [0.4, 0.5) is 0 Å². The minimum Gasteiger partial charge on any atom is -0.357 e. The number of halogens is 1. The van der Waals surface area contributed by atoms with E-state index in [-0.39, 0.29) is 29.7 Å². The summed E-state index contributed by atoms with van der Waals surface area (Å²) in [4.78, 5) is 16.6. The number of nitrogens with one attached hydrogen (secondary N) is 2. The minimum atomic E-state index is 0. The van der Waals surface area contributed by atoms with E-state index >= 15 is 0 Å². The molecule has 7 nitrogen and oxygen atoms in total. The van der Waals surface area contributed by atoms with Crippen LogP contribution in [0.15, 0.2) is 9.79 Å². The number of aryl methyl sites for hydroxylation is 2. The lowest BCUT2D eigenvalue weighted by Gasteiger charge is -2.10. The average molecular weight is 436 g/mol. The molecule has 0 bridgehead atoms. The maximum Gasteiger partial charge on any atom is 0.345 e. The average Bonchev–Trinajstić information content (AvgIpc) is 2.86. The summed E-state index contributed by atoms with van der Waals surface area (Å²) >= 11 is 0. The van der Waals surface area contributed by atoms with E-state index < -0.39 is 0 Å². The Kier molecular flexibility index (Phi) is 9.27. The van der Waals surface area contributed by atoms with Crippen LogP contribution in [0.2, 0.25) is 0 Å². The fourth-order valence-corrected chi connectivity index (χ4v) is 2.60. The summed E-state index contributed by atoms with van der Waals surface area (Å²) in [5, 5.41) is 11.0. The van der Waals surface area contributed by atoms with Crippen molar-refractivity contribution in [3.63, 3.8) is 0 Å². The number of guanidine groups is 1. The van der Waals surface area contributed by atoms with Gasteiger partial charge in [-0.25, -0.2) is 9.48 Å². The first kappa shape index (κ1) is 20.0. The zero-order valence-corrected chi connectivity index (χ0v) is 16.5. The molecule has 8 heteroatoms. The Bertz CT molecular complexity index is 551. The first-order valence-corrected chi connectivity index (χ1v) is 8.45. The number of hydrogen-bond acceptors (Lipinski definition) is 3. The molecular weight excluding hydrogens is 407 g/mol. The van der Waals surface area contributed by atoms with Gasteiger partial charge < -0.3 is 10.6 Å². The van der Waals surface area contributed by atoms with Gasteiger partial charge in [0.05, 0.1) is 0 Å². The van der Waals surface area contributed by atoms with Crippen molar-refractivity contribution in [2.45, 2.75) is 59.0 Å². The van der Waals surface area contributed by atoms with E-state index in [2.05, 4.69) is 34.6 Å². The number of nitrogens with zero attached hydrogens (tertiary/aromatic N) is 4. The zero-order valence-electron chi connectivity index (χ0n) is 14.2. The molecule has 2 heterocycles. The maximum absolute atomic E-state index is 12.2. The molecule has 0 amide bonds. The quantitative estimate of drug-likeness (QED) is 0.293. The van der Waals surface area contributed by atoms with Crippen LogP contribution in [0.1, 0.15) is 45.4 Å². The number of rotatable bonds is 7. The van der Waals surface area contributed by atoms with Gasteiger partial charge in [-0.2, -0.15) is 5.10 Å². The Balaban J connectivity index is 0.00000264. The monoisotopic (exact) mass is 436 g/mol. The molecule has 0 fully saturated rings. The van der Waals surface area contributed by atoms with Gasteiger partial charge in [0, 0.05) is 39.1 Å². The number of hydrogen-bond donors (Lipinski definition) is 2. The molecule has 0 aliphatic carbocycles. The van der Waals surface area contributed by atoms with E-state index in [1.807, 2.05) is 4.57 Å². The summed E-state index contributed by atoms with van der Waals surface area (Å²) < 4.78 is 3.43. The molecule has 2 rings (SSSR count).